The second kappa shape index (κ2) is 17.3. The van der Waals surface area contributed by atoms with Crippen LogP contribution >= 0.6 is 23.2 Å². The second-order valence-corrected chi connectivity index (χ2v) is 15.4. The van der Waals surface area contributed by atoms with Gasteiger partial charge in [0.15, 0.2) is 0 Å². The number of carboxylic acid groups (broad SMARTS) is 1. The lowest BCUT2D eigenvalue weighted by molar-refractivity contribution is -0.139. The number of amides is 2. The first-order chi connectivity index (χ1) is 22.8. The Bertz CT molecular complexity index is 1540. The predicted octanol–water partition coefficient (Wildman–Crippen LogP) is 9.15. The van der Waals surface area contributed by atoms with Gasteiger partial charge in [-0.05, 0) is 103 Å². The van der Waals surface area contributed by atoms with E-state index in [9.17, 15) is 19.5 Å². The van der Waals surface area contributed by atoms with Crippen LogP contribution in [0.3, 0.4) is 0 Å². The number of likely N-dealkylation sites (tertiary alicyclic amines) is 2. The summed E-state index contributed by atoms with van der Waals surface area (Å²) in [4.78, 5) is 46.6. The van der Waals surface area contributed by atoms with E-state index in [1.165, 1.54) is 0 Å². The molecule has 1 atom stereocenters. The van der Waals surface area contributed by atoms with Gasteiger partial charge in [-0.15, -0.1) is 0 Å². The van der Waals surface area contributed by atoms with Gasteiger partial charge in [0.25, 0.3) is 0 Å². The van der Waals surface area contributed by atoms with Crippen molar-refractivity contribution < 1.29 is 29.0 Å². The number of carboxylic acids is 1. The fraction of sp³-hybridized carbons (Fsp3) is 0.553. The number of nitrogens with zero attached hydrogens (tertiary/aromatic N) is 4. The van der Waals surface area contributed by atoms with Crippen LogP contribution in [0.1, 0.15) is 85.8 Å². The van der Waals surface area contributed by atoms with Crippen LogP contribution in [0.15, 0.2) is 48.5 Å². The lowest BCUT2D eigenvalue weighted by Crippen LogP contribution is -2.52. The molecule has 50 heavy (non-hydrogen) atoms. The smallest absolute Gasteiger partial charge is 0.410 e. The average molecular weight is 730 g/mol. The zero-order valence-corrected chi connectivity index (χ0v) is 30.6. The summed E-state index contributed by atoms with van der Waals surface area (Å²) >= 11 is 11.9. The van der Waals surface area contributed by atoms with Crippen LogP contribution in [0.25, 0.3) is 9.69 Å². The maximum atomic E-state index is 12.3. The van der Waals surface area contributed by atoms with Gasteiger partial charge in [-0.3, -0.25) is 0 Å². The van der Waals surface area contributed by atoms with E-state index in [0.29, 0.717) is 55.6 Å². The Kier molecular flexibility index (Phi) is 14.6. The number of ether oxygens (including phenoxy) is 2. The molecule has 272 valence electrons. The van der Waals surface area contributed by atoms with Crippen molar-refractivity contribution in [2.75, 3.05) is 32.7 Å². The molecular formula is C38H50Cl2N4O6. The summed E-state index contributed by atoms with van der Waals surface area (Å²) in [5, 5.41) is 10.8. The number of rotatable bonds is 5. The minimum absolute atomic E-state index is 0. The van der Waals surface area contributed by atoms with Crippen LogP contribution in [0, 0.1) is 13.1 Å². The Hall–Kier alpha value is -3.99. The highest BCUT2D eigenvalue weighted by atomic mass is 35.5. The first-order valence-electron chi connectivity index (χ1n) is 16.3. The van der Waals surface area contributed by atoms with Crippen LogP contribution in [0.5, 0.6) is 0 Å². The molecule has 2 aliphatic heterocycles. The van der Waals surface area contributed by atoms with Crippen LogP contribution in [0.2, 0.25) is 10.0 Å². The van der Waals surface area contributed by atoms with Crippen molar-refractivity contribution in [3.05, 3.63) is 92.5 Å². The molecular weight excluding hydrogens is 679 g/mol. The molecule has 12 heteroatoms. The molecule has 4 rings (SSSR count). The number of hydrogen-bond acceptors (Lipinski definition) is 5. The minimum atomic E-state index is -1.22. The molecule has 0 radical (unpaired) electrons. The van der Waals surface area contributed by atoms with Gasteiger partial charge in [0, 0.05) is 36.2 Å². The molecule has 2 amide bonds. The summed E-state index contributed by atoms with van der Waals surface area (Å²) in [6.45, 7) is 28.0. The molecule has 1 unspecified atom stereocenters. The number of halogens is 2. The van der Waals surface area contributed by atoms with Crippen molar-refractivity contribution in [2.24, 2.45) is 0 Å². The Morgan fingerprint density at radius 1 is 0.760 bits per heavy atom. The van der Waals surface area contributed by atoms with Crippen molar-refractivity contribution in [1.82, 2.24) is 9.80 Å². The highest BCUT2D eigenvalue weighted by molar-refractivity contribution is 6.30. The number of carbonyl (C=O) groups is 3. The maximum Gasteiger partial charge on any atom is 0.410 e. The maximum absolute atomic E-state index is 12.3. The van der Waals surface area contributed by atoms with E-state index in [0.717, 1.165) is 24.0 Å². The van der Waals surface area contributed by atoms with Gasteiger partial charge in [-0.25, -0.2) is 27.5 Å². The quantitative estimate of drug-likeness (QED) is 0.308. The van der Waals surface area contributed by atoms with Crippen LogP contribution in [-0.4, -0.2) is 83.0 Å². The topological polar surface area (TPSA) is 105 Å². The summed E-state index contributed by atoms with van der Waals surface area (Å²) in [5.41, 5.74) is -0.266. The third kappa shape index (κ3) is 11.0. The molecule has 0 saturated carbocycles. The molecule has 0 aromatic heterocycles. The zero-order valence-electron chi connectivity index (χ0n) is 29.1. The van der Waals surface area contributed by atoms with Crippen LogP contribution < -0.4 is 0 Å². The van der Waals surface area contributed by atoms with Crippen molar-refractivity contribution in [3.63, 3.8) is 0 Å². The van der Waals surface area contributed by atoms with E-state index in [1.54, 1.807) is 54.8 Å². The van der Waals surface area contributed by atoms with Gasteiger partial charge < -0.3 is 34.1 Å². The molecule has 0 bridgehead atoms. The SMILES string of the molecule is C.[C-]#[N+]C(C(=O)O)C1(c2ccc(Cl)cc2)CCN(C(=O)OC(C)(C)C)CC1.[C-]#[N+]CC1(c2ccc(Cl)cc2)CCN(C(=O)OC(C)(C)C)CC1. The highest BCUT2D eigenvalue weighted by Gasteiger charge is 2.52. The fourth-order valence-electron chi connectivity index (χ4n) is 6.27. The monoisotopic (exact) mass is 728 g/mol. The number of carbonyl (C=O) groups excluding carboxylic acids is 2. The molecule has 0 aliphatic carbocycles. The van der Waals surface area contributed by atoms with E-state index < -0.39 is 34.7 Å². The lowest BCUT2D eigenvalue weighted by Gasteiger charge is -2.41. The lowest BCUT2D eigenvalue weighted by atomic mass is 9.67. The Balaban J connectivity index is 0.000000342. The summed E-state index contributed by atoms with van der Waals surface area (Å²) in [6.07, 6.45) is 1.56. The van der Waals surface area contributed by atoms with E-state index in [2.05, 4.69) is 9.69 Å². The molecule has 10 nitrogen and oxygen atoms in total. The standard InChI is InChI=1S/C19H23ClN2O4.C18H23ClN2O2.CH4/c1-18(2,3)26-17(25)22-11-9-19(10-12-22,15(21-4)16(23)24)13-5-7-14(20)8-6-13;1-17(2,3)23-16(22)21-11-9-18(10-12-21,13-20-4)14-5-7-15(19)8-6-14;/h5-8,15H,9-12H2,1-3H3,(H,23,24);5-8H,9-13H2,1-3H3;1H4. The van der Waals surface area contributed by atoms with Gasteiger partial charge in [0.1, 0.15) is 11.2 Å². The van der Waals surface area contributed by atoms with Gasteiger partial charge in [0.05, 0.1) is 10.8 Å². The molecule has 2 fully saturated rings. The first kappa shape index (κ1) is 42.2. The molecule has 2 heterocycles. The number of benzene rings is 2. The molecule has 2 aromatic carbocycles. The summed E-state index contributed by atoms with van der Waals surface area (Å²) in [6, 6.07) is 13.4. The number of aliphatic carboxylic acids is 1. The van der Waals surface area contributed by atoms with Gasteiger partial charge in [-0.1, -0.05) is 54.9 Å². The van der Waals surface area contributed by atoms with Crippen molar-refractivity contribution in [1.29, 1.82) is 0 Å². The molecule has 2 saturated heterocycles. The normalized spacial score (nSPS) is 17.3. The second-order valence-electron chi connectivity index (χ2n) is 14.6. The Morgan fingerprint density at radius 2 is 1.14 bits per heavy atom. The van der Waals surface area contributed by atoms with E-state index in [1.807, 2.05) is 45.0 Å². The molecule has 1 N–H and O–H groups in total. The predicted molar refractivity (Wildman–Crippen MR) is 197 cm³/mol. The highest BCUT2D eigenvalue weighted by Crippen LogP contribution is 2.41. The molecule has 2 aliphatic rings. The fourth-order valence-corrected chi connectivity index (χ4v) is 6.52. The van der Waals surface area contributed by atoms with Crippen LogP contribution in [0.4, 0.5) is 9.59 Å². The Labute approximate surface area is 307 Å². The van der Waals surface area contributed by atoms with E-state index >= 15 is 0 Å². The van der Waals surface area contributed by atoms with Crippen molar-refractivity contribution >= 4 is 41.4 Å². The van der Waals surface area contributed by atoms with E-state index in [-0.39, 0.29) is 18.9 Å². The third-order valence-corrected chi connectivity index (χ3v) is 9.33. The first-order valence-corrected chi connectivity index (χ1v) is 17.0. The van der Waals surface area contributed by atoms with Crippen molar-refractivity contribution in [2.45, 2.75) is 103 Å². The van der Waals surface area contributed by atoms with Crippen LogP contribution in [-0.2, 0) is 25.1 Å². The number of piperidine rings is 2. The molecule has 0 spiro atoms. The van der Waals surface area contributed by atoms with E-state index in [4.69, 9.17) is 45.8 Å². The van der Waals surface area contributed by atoms with Crippen molar-refractivity contribution in [3.8, 4) is 0 Å². The van der Waals surface area contributed by atoms with Gasteiger partial charge in [0.2, 0.25) is 6.54 Å². The average Bonchev–Trinajstić information content (AvgIpc) is 3.01. The third-order valence-electron chi connectivity index (χ3n) is 8.82. The Morgan fingerprint density at radius 3 is 1.48 bits per heavy atom. The molecule has 2 aromatic rings. The summed E-state index contributed by atoms with van der Waals surface area (Å²) in [5.74, 6) is -1.15. The summed E-state index contributed by atoms with van der Waals surface area (Å²) < 4.78 is 10.8. The zero-order chi connectivity index (χ0) is 36.6. The number of hydrogen-bond donors (Lipinski definition) is 1. The van der Waals surface area contributed by atoms with Gasteiger partial charge in [-0.2, -0.15) is 0 Å². The van der Waals surface area contributed by atoms with Gasteiger partial charge >= 0.3 is 24.2 Å². The minimum Gasteiger partial charge on any atom is -0.475 e. The largest absolute Gasteiger partial charge is 0.475 e. The summed E-state index contributed by atoms with van der Waals surface area (Å²) in [7, 11) is 0.